The number of fused-ring (bicyclic) bond motifs is 3. The highest BCUT2D eigenvalue weighted by Crippen LogP contribution is 2.38. The van der Waals surface area contributed by atoms with Crippen LogP contribution in [0.2, 0.25) is 0 Å². The molecular weight excluding hydrogens is 312 g/mol. The smallest absolute Gasteiger partial charge is 0.332 e. The Morgan fingerprint density at radius 1 is 1.50 bits per heavy atom. The summed E-state index contributed by atoms with van der Waals surface area (Å²) in [6, 6.07) is 1.94. The molecule has 3 N–H and O–H groups in total. The molecule has 0 bridgehead atoms. The van der Waals surface area contributed by atoms with Crippen LogP contribution in [0, 0.1) is 6.92 Å². The zero-order chi connectivity index (χ0) is 17.4. The molecule has 1 aliphatic rings. The quantitative estimate of drug-likeness (QED) is 0.649. The first-order valence-electron chi connectivity index (χ1n) is 7.67. The van der Waals surface area contributed by atoms with E-state index in [0.29, 0.717) is 35.7 Å². The van der Waals surface area contributed by atoms with Gasteiger partial charge in [-0.2, -0.15) is 0 Å². The zero-order valence-electron chi connectivity index (χ0n) is 13.9. The molecular formula is C16H20N4O4. The van der Waals surface area contributed by atoms with Gasteiger partial charge in [0.05, 0.1) is 16.9 Å². The largest absolute Gasteiger partial charge is 0.452 e. The van der Waals surface area contributed by atoms with Gasteiger partial charge in [0.2, 0.25) is 5.91 Å². The Morgan fingerprint density at radius 2 is 2.25 bits per heavy atom. The number of rotatable bonds is 4. The van der Waals surface area contributed by atoms with E-state index >= 15 is 0 Å². The highest BCUT2D eigenvalue weighted by molar-refractivity contribution is 6.02. The Kier molecular flexibility index (Phi) is 4.15. The number of carbonyl (C=O) groups excluding carboxylic acids is 2. The first-order valence-corrected chi connectivity index (χ1v) is 7.67. The third kappa shape index (κ3) is 2.69. The average Bonchev–Trinajstić information content (AvgIpc) is 3.05. The fourth-order valence-electron chi connectivity index (χ4n) is 3.06. The Morgan fingerprint density at radius 3 is 2.92 bits per heavy atom. The van der Waals surface area contributed by atoms with E-state index in [4.69, 9.17) is 15.2 Å². The molecule has 128 valence electrons. The van der Waals surface area contributed by atoms with Gasteiger partial charge in [-0.25, -0.2) is 9.78 Å². The summed E-state index contributed by atoms with van der Waals surface area (Å²) in [5.41, 5.74) is 9.53. The van der Waals surface area contributed by atoms with Gasteiger partial charge in [-0.3, -0.25) is 4.79 Å². The molecule has 8 heteroatoms. The van der Waals surface area contributed by atoms with E-state index in [1.165, 1.54) is 14.0 Å². The van der Waals surface area contributed by atoms with Crippen molar-refractivity contribution in [1.29, 1.82) is 0 Å². The van der Waals surface area contributed by atoms with E-state index in [1.807, 2.05) is 17.6 Å². The molecule has 1 aromatic carbocycles. The van der Waals surface area contributed by atoms with Crippen LogP contribution < -0.4 is 11.1 Å². The first-order chi connectivity index (χ1) is 11.4. The number of carbonyl (C=O) groups is 2. The molecule has 3 rings (SSSR count). The van der Waals surface area contributed by atoms with Crippen molar-refractivity contribution in [3.05, 3.63) is 17.5 Å². The lowest BCUT2D eigenvalue weighted by Gasteiger charge is -2.11. The number of methoxy groups -OCH3 is 1. The van der Waals surface area contributed by atoms with Crippen molar-refractivity contribution in [2.24, 2.45) is 0 Å². The van der Waals surface area contributed by atoms with E-state index in [-0.39, 0.29) is 12.5 Å². The van der Waals surface area contributed by atoms with Crippen molar-refractivity contribution in [1.82, 2.24) is 9.55 Å². The van der Waals surface area contributed by atoms with Gasteiger partial charge in [-0.05, 0) is 18.6 Å². The molecule has 1 atom stereocenters. The number of aromatic nitrogens is 2. The second kappa shape index (κ2) is 6.12. The Hall–Kier alpha value is -2.61. The van der Waals surface area contributed by atoms with Crippen molar-refractivity contribution in [3.63, 3.8) is 0 Å². The monoisotopic (exact) mass is 332 g/mol. The minimum atomic E-state index is -0.425. The van der Waals surface area contributed by atoms with E-state index in [0.717, 1.165) is 11.1 Å². The standard InChI is InChI=1S/C16H20N4O4/c1-8-6-10-15(13(17)14(8)18-9(2)21)19-16-11(4-5-20(10)16)24-12(22)7-23-3/h6,11H,4-5,7,17H2,1-3H3,(H,18,21). The summed E-state index contributed by atoms with van der Waals surface area (Å²) < 4.78 is 12.2. The van der Waals surface area contributed by atoms with Crippen molar-refractivity contribution >= 4 is 34.3 Å². The summed E-state index contributed by atoms with van der Waals surface area (Å²) in [5, 5.41) is 2.74. The Bertz CT molecular complexity index is 827. The molecule has 2 heterocycles. The number of ether oxygens (including phenoxy) is 2. The number of nitrogen functional groups attached to an aromatic ring is 1. The predicted octanol–water partition coefficient (Wildman–Crippen LogP) is 1.52. The summed E-state index contributed by atoms with van der Waals surface area (Å²) in [6.45, 7) is 3.91. The molecule has 1 amide bonds. The van der Waals surface area contributed by atoms with Gasteiger partial charge in [0, 0.05) is 27.0 Å². The average molecular weight is 332 g/mol. The topological polar surface area (TPSA) is 108 Å². The van der Waals surface area contributed by atoms with Crippen molar-refractivity contribution < 1.29 is 19.1 Å². The molecule has 24 heavy (non-hydrogen) atoms. The molecule has 0 saturated heterocycles. The van der Waals surface area contributed by atoms with Crippen LogP contribution in [0.1, 0.15) is 30.8 Å². The number of aryl methyl sites for hydroxylation is 2. The molecule has 0 saturated carbocycles. The number of nitrogens with two attached hydrogens (primary N) is 1. The van der Waals surface area contributed by atoms with Crippen LogP contribution in [0.5, 0.6) is 0 Å². The Labute approximate surface area is 138 Å². The van der Waals surface area contributed by atoms with Gasteiger partial charge in [-0.1, -0.05) is 0 Å². The number of benzene rings is 1. The van der Waals surface area contributed by atoms with Gasteiger partial charge in [0.15, 0.2) is 11.9 Å². The lowest BCUT2D eigenvalue weighted by atomic mass is 10.1. The number of nitrogens with one attached hydrogen (secondary N) is 1. The highest BCUT2D eigenvalue weighted by Gasteiger charge is 2.31. The van der Waals surface area contributed by atoms with Crippen LogP contribution in [-0.4, -0.2) is 35.1 Å². The van der Waals surface area contributed by atoms with Crippen LogP contribution in [0.25, 0.3) is 11.0 Å². The zero-order valence-corrected chi connectivity index (χ0v) is 13.9. The minimum Gasteiger partial charge on any atom is -0.452 e. The van der Waals surface area contributed by atoms with E-state index in [2.05, 4.69) is 10.3 Å². The second-order valence-electron chi connectivity index (χ2n) is 5.85. The number of amides is 1. The highest BCUT2D eigenvalue weighted by atomic mass is 16.6. The predicted molar refractivity (Wildman–Crippen MR) is 88.5 cm³/mol. The van der Waals surface area contributed by atoms with Crippen molar-refractivity contribution in [2.45, 2.75) is 32.9 Å². The number of imidazole rings is 1. The van der Waals surface area contributed by atoms with Gasteiger partial charge in [-0.15, -0.1) is 0 Å². The molecule has 1 aliphatic heterocycles. The minimum absolute atomic E-state index is 0.0926. The lowest BCUT2D eigenvalue weighted by Crippen LogP contribution is -2.14. The summed E-state index contributed by atoms with van der Waals surface area (Å²) >= 11 is 0. The van der Waals surface area contributed by atoms with Crippen molar-refractivity contribution in [3.8, 4) is 0 Å². The molecule has 8 nitrogen and oxygen atoms in total. The number of hydrogen-bond acceptors (Lipinski definition) is 6. The maximum Gasteiger partial charge on any atom is 0.332 e. The number of anilines is 2. The number of hydrogen-bond donors (Lipinski definition) is 2. The Balaban J connectivity index is 2.02. The van der Waals surface area contributed by atoms with E-state index in [9.17, 15) is 9.59 Å². The molecule has 0 aliphatic carbocycles. The first kappa shape index (κ1) is 16.3. The molecule has 0 spiro atoms. The van der Waals surface area contributed by atoms with Gasteiger partial charge in [0.25, 0.3) is 0 Å². The molecule has 2 aromatic rings. The van der Waals surface area contributed by atoms with Crippen LogP contribution in [-0.2, 0) is 25.6 Å². The van der Waals surface area contributed by atoms with Gasteiger partial charge >= 0.3 is 5.97 Å². The van der Waals surface area contributed by atoms with Crippen LogP contribution >= 0.6 is 0 Å². The van der Waals surface area contributed by atoms with Crippen LogP contribution in [0.3, 0.4) is 0 Å². The van der Waals surface area contributed by atoms with Crippen LogP contribution in [0.4, 0.5) is 11.4 Å². The van der Waals surface area contributed by atoms with Crippen molar-refractivity contribution in [2.75, 3.05) is 24.8 Å². The summed E-state index contributed by atoms with van der Waals surface area (Å²) in [6.07, 6.45) is 0.254. The summed E-state index contributed by atoms with van der Waals surface area (Å²) in [7, 11) is 1.44. The maximum absolute atomic E-state index is 11.7. The van der Waals surface area contributed by atoms with E-state index < -0.39 is 12.1 Å². The summed E-state index contributed by atoms with van der Waals surface area (Å²) in [4.78, 5) is 27.6. The number of esters is 1. The fraction of sp³-hybridized carbons (Fsp3) is 0.438. The second-order valence-corrected chi connectivity index (χ2v) is 5.85. The number of nitrogens with zero attached hydrogens (tertiary/aromatic N) is 2. The third-order valence-electron chi connectivity index (χ3n) is 4.05. The third-order valence-corrected chi connectivity index (χ3v) is 4.05. The van der Waals surface area contributed by atoms with Crippen LogP contribution in [0.15, 0.2) is 6.07 Å². The molecule has 1 unspecified atom stereocenters. The molecule has 0 radical (unpaired) electrons. The SMILES string of the molecule is COCC(=O)OC1CCn2c1nc1c(N)c(NC(C)=O)c(C)cc12. The normalized spacial score (nSPS) is 16.2. The van der Waals surface area contributed by atoms with Gasteiger partial charge in [0.1, 0.15) is 12.1 Å². The molecule has 1 aromatic heterocycles. The van der Waals surface area contributed by atoms with Gasteiger partial charge < -0.3 is 25.1 Å². The fourth-order valence-corrected chi connectivity index (χ4v) is 3.06. The molecule has 0 fully saturated rings. The lowest BCUT2D eigenvalue weighted by molar-refractivity contribution is -0.153. The maximum atomic E-state index is 11.7. The summed E-state index contributed by atoms with van der Waals surface area (Å²) in [5.74, 6) is 0.0499. The van der Waals surface area contributed by atoms with E-state index in [1.54, 1.807) is 0 Å².